The Bertz CT molecular complexity index is 511. The Morgan fingerprint density at radius 3 is 2.77 bits per heavy atom. The molecule has 1 aromatic heterocycles. The highest BCUT2D eigenvalue weighted by atomic mass is 32.1. The Morgan fingerprint density at radius 1 is 1.45 bits per heavy atom. The number of nitrogens with two attached hydrogens (primary N) is 1. The van der Waals surface area contributed by atoms with Gasteiger partial charge in [0.05, 0.1) is 4.88 Å². The summed E-state index contributed by atoms with van der Waals surface area (Å²) in [6, 6.07) is 3.29. The average molecular weight is 323 g/mol. The number of nitrogens with zero attached hydrogens (tertiary/aromatic N) is 1. The minimum atomic E-state index is -0.368. The third-order valence-corrected chi connectivity index (χ3v) is 5.43. The van der Waals surface area contributed by atoms with Gasteiger partial charge in [0.25, 0.3) is 5.91 Å². The van der Waals surface area contributed by atoms with Crippen LogP contribution in [0.3, 0.4) is 0 Å². The molecule has 122 valence electrons. The number of rotatable bonds is 6. The summed E-state index contributed by atoms with van der Waals surface area (Å²) in [6.07, 6.45) is 3.21. The van der Waals surface area contributed by atoms with Gasteiger partial charge >= 0.3 is 0 Å². The highest BCUT2D eigenvalue weighted by Gasteiger charge is 2.35. The van der Waals surface area contributed by atoms with Crippen molar-refractivity contribution in [3.63, 3.8) is 0 Å². The molecule has 3 N–H and O–H groups in total. The van der Waals surface area contributed by atoms with E-state index in [1.54, 1.807) is 11.0 Å². The van der Waals surface area contributed by atoms with E-state index in [2.05, 4.69) is 5.32 Å². The Kier molecular flexibility index (Phi) is 5.58. The molecule has 0 bridgehead atoms. The van der Waals surface area contributed by atoms with E-state index in [-0.39, 0.29) is 23.4 Å². The Balaban J connectivity index is 1.98. The van der Waals surface area contributed by atoms with Gasteiger partial charge < -0.3 is 16.0 Å². The zero-order chi connectivity index (χ0) is 16.2. The second-order valence-corrected chi connectivity index (χ2v) is 6.87. The first-order chi connectivity index (χ1) is 10.5. The highest BCUT2D eigenvalue weighted by molar-refractivity contribution is 7.12. The van der Waals surface area contributed by atoms with Crippen LogP contribution in [0.5, 0.6) is 0 Å². The lowest BCUT2D eigenvalue weighted by Gasteiger charge is -2.29. The lowest BCUT2D eigenvalue weighted by atomic mass is 9.94. The quantitative estimate of drug-likeness (QED) is 0.840. The second-order valence-electron chi connectivity index (χ2n) is 5.92. The molecule has 1 aliphatic rings. The molecule has 1 unspecified atom stereocenters. The van der Waals surface area contributed by atoms with Crippen LogP contribution in [0.2, 0.25) is 0 Å². The minimum Gasteiger partial charge on any atom is -0.352 e. The van der Waals surface area contributed by atoms with Crippen molar-refractivity contribution in [2.24, 2.45) is 5.73 Å². The van der Waals surface area contributed by atoms with Crippen molar-refractivity contribution in [3.8, 4) is 0 Å². The van der Waals surface area contributed by atoms with Gasteiger partial charge in [-0.2, -0.15) is 0 Å². The Labute approximate surface area is 135 Å². The number of hydrogen-bond acceptors (Lipinski definition) is 4. The standard InChI is InChI=1S/C16H25N3O2S/c1-3-16(17,4-2)11-18-14(20)12-7-5-9-19(12)15(21)13-8-6-10-22-13/h6,8,10,12H,3-5,7,9,11,17H2,1-2H3,(H,18,20). The van der Waals surface area contributed by atoms with Crippen molar-refractivity contribution in [1.29, 1.82) is 0 Å². The largest absolute Gasteiger partial charge is 0.352 e. The molecule has 1 fully saturated rings. The van der Waals surface area contributed by atoms with Gasteiger partial charge in [-0.15, -0.1) is 11.3 Å². The molecule has 1 aliphatic heterocycles. The number of hydrogen-bond donors (Lipinski definition) is 2. The van der Waals surface area contributed by atoms with Crippen LogP contribution < -0.4 is 11.1 Å². The third-order valence-electron chi connectivity index (χ3n) is 4.57. The van der Waals surface area contributed by atoms with E-state index in [1.807, 2.05) is 25.3 Å². The van der Waals surface area contributed by atoms with Gasteiger partial charge in [0.2, 0.25) is 5.91 Å². The van der Waals surface area contributed by atoms with Gasteiger partial charge in [-0.25, -0.2) is 0 Å². The van der Waals surface area contributed by atoms with Gasteiger partial charge in [-0.05, 0) is 37.1 Å². The lowest BCUT2D eigenvalue weighted by molar-refractivity contribution is -0.125. The van der Waals surface area contributed by atoms with Crippen LogP contribution in [-0.4, -0.2) is 41.4 Å². The van der Waals surface area contributed by atoms with Crippen molar-refractivity contribution < 1.29 is 9.59 Å². The summed E-state index contributed by atoms with van der Waals surface area (Å²) in [4.78, 5) is 27.3. The molecule has 0 spiro atoms. The fraction of sp³-hybridized carbons (Fsp3) is 0.625. The van der Waals surface area contributed by atoms with Gasteiger partial charge in [-0.3, -0.25) is 9.59 Å². The van der Waals surface area contributed by atoms with E-state index < -0.39 is 0 Å². The first-order valence-corrected chi connectivity index (χ1v) is 8.80. The highest BCUT2D eigenvalue weighted by Crippen LogP contribution is 2.22. The Hall–Kier alpha value is -1.40. The first-order valence-electron chi connectivity index (χ1n) is 7.92. The molecule has 0 saturated carbocycles. The van der Waals surface area contributed by atoms with Crippen molar-refractivity contribution in [2.45, 2.75) is 51.1 Å². The maximum absolute atomic E-state index is 12.5. The average Bonchev–Trinajstić information content (AvgIpc) is 3.22. The molecule has 6 heteroatoms. The summed E-state index contributed by atoms with van der Waals surface area (Å²) in [5.41, 5.74) is 5.86. The molecule has 0 aromatic carbocycles. The van der Waals surface area contributed by atoms with Crippen molar-refractivity contribution in [3.05, 3.63) is 22.4 Å². The predicted octanol–water partition coefficient (Wildman–Crippen LogP) is 1.99. The normalized spacial score (nSPS) is 18.5. The minimum absolute atomic E-state index is 0.0438. The van der Waals surface area contributed by atoms with E-state index in [4.69, 9.17) is 5.73 Å². The SMILES string of the molecule is CCC(N)(CC)CNC(=O)C1CCCN1C(=O)c1cccs1. The number of amides is 2. The number of nitrogens with one attached hydrogen (secondary N) is 1. The molecule has 0 aliphatic carbocycles. The van der Waals surface area contributed by atoms with Crippen LogP contribution in [0.1, 0.15) is 49.2 Å². The van der Waals surface area contributed by atoms with Crippen molar-refractivity contribution in [1.82, 2.24) is 10.2 Å². The fourth-order valence-electron chi connectivity index (χ4n) is 2.71. The zero-order valence-corrected chi connectivity index (χ0v) is 14.1. The van der Waals surface area contributed by atoms with E-state index >= 15 is 0 Å². The summed E-state index contributed by atoms with van der Waals surface area (Å²) in [5, 5.41) is 4.82. The third kappa shape index (κ3) is 3.67. The molecule has 5 nitrogen and oxygen atoms in total. The first kappa shape index (κ1) is 17.0. The molecular formula is C16H25N3O2S. The molecule has 2 heterocycles. The number of likely N-dealkylation sites (tertiary alicyclic amines) is 1. The molecular weight excluding hydrogens is 298 g/mol. The van der Waals surface area contributed by atoms with Crippen LogP contribution in [0.15, 0.2) is 17.5 Å². The summed E-state index contributed by atoms with van der Waals surface area (Å²) in [7, 11) is 0. The maximum atomic E-state index is 12.5. The molecule has 2 amide bonds. The molecule has 1 aromatic rings. The second kappa shape index (κ2) is 7.24. The zero-order valence-electron chi connectivity index (χ0n) is 13.3. The van der Waals surface area contributed by atoms with E-state index in [0.717, 1.165) is 25.7 Å². The van der Waals surface area contributed by atoms with E-state index in [1.165, 1.54) is 11.3 Å². The smallest absolute Gasteiger partial charge is 0.264 e. The number of carbonyl (C=O) groups is 2. The predicted molar refractivity (Wildman–Crippen MR) is 88.9 cm³/mol. The monoisotopic (exact) mass is 323 g/mol. The van der Waals surface area contributed by atoms with Crippen molar-refractivity contribution in [2.75, 3.05) is 13.1 Å². The summed E-state index contributed by atoms with van der Waals surface area (Å²) < 4.78 is 0. The van der Waals surface area contributed by atoms with Crippen molar-refractivity contribution >= 4 is 23.2 Å². The molecule has 22 heavy (non-hydrogen) atoms. The fourth-order valence-corrected chi connectivity index (χ4v) is 3.38. The van der Waals surface area contributed by atoms with Crippen LogP contribution in [0, 0.1) is 0 Å². The summed E-state index contributed by atoms with van der Waals surface area (Å²) >= 11 is 1.41. The molecule has 0 radical (unpaired) electrons. The number of carbonyl (C=O) groups excluding carboxylic acids is 2. The molecule has 2 rings (SSSR count). The molecule has 1 atom stereocenters. The Morgan fingerprint density at radius 2 is 2.18 bits per heavy atom. The maximum Gasteiger partial charge on any atom is 0.264 e. The van der Waals surface area contributed by atoms with Gasteiger partial charge in [0.1, 0.15) is 6.04 Å². The van der Waals surface area contributed by atoms with Crippen LogP contribution in [0.4, 0.5) is 0 Å². The lowest BCUT2D eigenvalue weighted by Crippen LogP contribution is -2.53. The van der Waals surface area contributed by atoms with E-state index in [0.29, 0.717) is 18.0 Å². The van der Waals surface area contributed by atoms with E-state index in [9.17, 15) is 9.59 Å². The molecule has 1 saturated heterocycles. The van der Waals surface area contributed by atoms with Crippen LogP contribution >= 0.6 is 11.3 Å². The van der Waals surface area contributed by atoms with Crippen LogP contribution in [-0.2, 0) is 4.79 Å². The number of thiophene rings is 1. The summed E-state index contributed by atoms with van der Waals surface area (Å²) in [5.74, 6) is -0.128. The van der Waals surface area contributed by atoms with Gasteiger partial charge in [-0.1, -0.05) is 19.9 Å². The van der Waals surface area contributed by atoms with Gasteiger partial charge in [0.15, 0.2) is 0 Å². The topological polar surface area (TPSA) is 75.4 Å². The summed E-state index contributed by atoms with van der Waals surface area (Å²) in [6.45, 7) is 5.15. The van der Waals surface area contributed by atoms with Crippen LogP contribution in [0.25, 0.3) is 0 Å². The van der Waals surface area contributed by atoms with Gasteiger partial charge in [0, 0.05) is 18.6 Å².